The van der Waals surface area contributed by atoms with Gasteiger partial charge in [0, 0.05) is 18.6 Å². The lowest BCUT2D eigenvalue weighted by molar-refractivity contribution is -0.678. The minimum atomic E-state index is 0.373. The van der Waals surface area contributed by atoms with Crippen molar-refractivity contribution in [3.05, 3.63) is 40.8 Å². The Morgan fingerprint density at radius 3 is 3.05 bits per heavy atom. The predicted molar refractivity (Wildman–Crippen MR) is 78.5 cm³/mol. The van der Waals surface area contributed by atoms with E-state index >= 15 is 0 Å². The van der Waals surface area contributed by atoms with Crippen molar-refractivity contribution in [2.75, 3.05) is 6.54 Å². The van der Waals surface area contributed by atoms with Crippen LogP contribution in [0.25, 0.3) is 0 Å². The van der Waals surface area contributed by atoms with Gasteiger partial charge in [0.2, 0.25) is 0 Å². The van der Waals surface area contributed by atoms with Crippen molar-refractivity contribution in [1.29, 1.82) is 0 Å². The normalized spacial score (nSPS) is 18.6. The fourth-order valence-corrected chi connectivity index (χ4v) is 3.36. The number of rotatable bonds is 4. The largest absolute Gasteiger partial charge is 0.410 e. The first-order valence-electron chi connectivity index (χ1n) is 7.08. The Labute approximate surface area is 123 Å². The summed E-state index contributed by atoms with van der Waals surface area (Å²) in [6, 6.07) is 6.91. The molecule has 1 aromatic carbocycles. The SMILES string of the molecule is Cc1ccc(C)c(CSc2nnc(C3CCC[NH2+]3)o2)c1. The first-order valence-corrected chi connectivity index (χ1v) is 8.06. The van der Waals surface area contributed by atoms with Gasteiger partial charge in [0.25, 0.3) is 11.1 Å². The number of nitrogens with zero attached hydrogens (tertiary/aromatic N) is 2. The molecule has 4 nitrogen and oxygen atoms in total. The van der Waals surface area contributed by atoms with Crippen LogP contribution in [-0.4, -0.2) is 16.7 Å². The van der Waals surface area contributed by atoms with Gasteiger partial charge < -0.3 is 9.73 Å². The summed E-state index contributed by atoms with van der Waals surface area (Å²) < 4.78 is 5.77. The topological polar surface area (TPSA) is 55.5 Å². The molecule has 1 aromatic heterocycles. The van der Waals surface area contributed by atoms with E-state index in [0.717, 1.165) is 24.6 Å². The van der Waals surface area contributed by atoms with Gasteiger partial charge in [0.15, 0.2) is 6.04 Å². The van der Waals surface area contributed by atoms with Crippen LogP contribution in [0.15, 0.2) is 27.8 Å². The average molecular weight is 290 g/mol. The monoisotopic (exact) mass is 290 g/mol. The van der Waals surface area contributed by atoms with E-state index in [9.17, 15) is 0 Å². The quantitative estimate of drug-likeness (QED) is 0.878. The van der Waals surface area contributed by atoms with Crippen LogP contribution in [0, 0.1) is 13.8 Å². The molecule has 1 unspecified atom stereocenters. The minimum absolute atomic E-state index is 0.373. The molecule has 106 valence electrons. The lowest BCUT2D eigenvalue weighted by Gasteiger charge is -2.05. The van der Waals surface area contributed by atoms with E-state index in [-0.39, 0.29) is 0 Å². The van der Waals surface area contributed by atoms with Crippen LogP contribution in [-0.2, 0) is 5.75 Å². The highest BCUT2D eigenvalue weighted by atomic mass is 32.2. The number of aromatic nitrogens is 2. The maximum atomic E-state index is 5.77. The van der Waals surface area contributed by atoms with Gasteiger partial charge >= 0.3 is 0 Å². The second-order valence-electron chi connectivity index (χ2n) is 5.40. The van der Waals surface area contributed by atoms with Gasteiger partial charge in [-0.1, -0.05) is 35.5 Å². The molecule has 1 saturated heterocycles. The number of thioether (sulfide) groups is 1. The Balaban J connectivity index is 1.64. The van der Waals surface area contributed by atoms with E-state index in [1.54, 1.807) is 11.8 Å². The molecule has 1 fully saturated rings. The van der Waals surface area contributed by atoms with E-state index in [1.807, 2.05) is 0 Å². The third-order valence-corrected chi connectivity index (χ3v) is 4.63. The molecule has 5 heteroatoms. The number of hydrogen-bond donors (Lipinski definition) is 1. The summed E-state index contributed by atoms with van der Waals surface area (Å²) in [6.07, 6.45) is 2.38. The summed E-state index contributed by atoms with van der Waals surface area (Å²) in [7, 11) is 0. The second-order valence-corrected chi connectivity index (χ2v) is 6.32. The zero-order valence-electron chi connectivity index (χ0n) is 11.9. The molecule has 1 aliphatic heterocycles. The van der Waals surface area contributed by atoms with Gasteiger partial charge in [-0.05, 0) is 25.0 Å². The highest BCUT2D eigenvalue weighted by molar-refractivity contribution is 7.98. The van der Waals surface area contributed by atoms with Crippen LogP contribution in [0.5, 0.6) is 0 Å². The van der Waals surface area contributed by atoms with Gasteiger partial charge in [0.05, 0.1) is 6.54 Å². The molecule has 0 spiro atoms. The molecule has 2 aromatic rings. The first-order chi connectivity index (χ1) is 9.72. The van der Waals surface area contributed by atoms with Crippen molar-refractivity contribution in [1.82, 2.24) is 10.2 Å². The van der Waals surface area contributed by atoms with Crippen LogP contribution in [0.4, 0.5) is 0 Å². The Morgan fingerprint density at radius 1 is 1.35 bits per heavy atom. The highest BCUT2D eigenvalue weighted by Gasteiger charge is 2.26. The number of benzene rings is 1. The molecule has 2 N–H and O–H groups in total. The van der Waals surface area contributed by atoms with Gasteiger partial charge in [-0.25, -0.2) is 0 Å². The van der Waals surface area contributed by atoms with E-state index in [0.29, 0.717) is 11.3 Å². The van der Waals surface area contributed by atoms with E-state index in [1.165, 1.54) is 23.1 Å². The smallest absolute Gasteiger partial charge is 0.277 e. The zero-order valence-corrected chi connectivity index (χ0v) is 12.7. The molecule has 0 radical (unpaired) electrons. The maximum absolute atomic E-state index is 5.77. The molecule has 20 heavy (non-hydrogen) atoms. The molecular weight excluding hydrogens is 270 g/mol. The summed E-state index contributed by atoms with van der Waals surface area (Å²) in [6.45, 7) is 5.43. The number of hydrogen-bond acceptors (Lipinski definition) is 4. The van der Waals surface area contributed by atoms with Gasteiger partial charge in [-0.15, -0.1) is 10.2 Å². The lowest BCUT2D eigenvalue weighted by Crippen LogP contribution is -2.81. The average Bonchev–Trinajstić information content (AvgIpc) is 3.09. The Hall–Kier alpha value is -1.33. The van der Waals surface area contributed by atoms with Crippen molar-refractivity contribution >= 4 is 11.8 Å². The molecule has 1 atom stereocenters. The predicted octanol–water partition coefficient (Wildman–Crippen LogP) is 2.38. The standard InChI is InChI=1S/C15H19N3OS/c1-10-5-6-11(2)12(8-10)9-20-15-18-17-14(19-15)13-4-3-7-16-13/h5-6,8,13,16H,3-4,7,9H2,1-2H3/p+1. The van der Waals surface area contributed by atoms with Crippen LogP contribution < -0.4 is 5.32 Å². The molecule has 2 heterocycles. The third-order valence-electron chi connectivity index (χ3n) is 3.77. The maximum Gasteiger partial charge on any atom is 0.277 e. The van der Waals surface area contributed by atoms with Crippen LogP contribution >= 0.6 is 11.8 Å². The van der Waals surface area contributed by atoms with E-state index in [2.05, 4.69) is 47.6 Å². The number of aryl methyl sites for hydroxylation is 2. The van der Waals surface area contributed by atoms with Crippen LogP contribution in [0.3, 0.4) is 0 Å². The summed E-state index contributed by atoms with van der Waals surface area (Å²) >= 11 is 1.62. The van der Waals surface area contributed by atoms with Crippen molar-refractivity contribution in [2.45, 2.75) is 43.7 Å². The second kappa shape index (κ2) is 5.97. The van der Waals surface area contributed by atoms with Crippen LogP contribution in [0.2, 0.25) is 0 Å². The zero-order chi connectivity index (χ0) is 13.9. The van der Waals surface area contributed by atoms with Crippen molar-refractivity contribution in [2.24, 2.45) is 0 Å². The van der Waals surface area contributed by atoms with Gasteiger partial charge in [-0.2, -0.15) is 0 Å². The molecule has 1 aliphatic rings. The fraction of sp³-hybridized carbons (Fsp3) is 0.467. The number of quaternary nitrogens is 1. The summed E-state index contributed by atoms with van der Waals surface area (Å²) in [4.78, 5) is 0. The van der Waals surface area contributed by atoms with Gasteiger partial charge in [0.1, 0.15) is 0 Å². The molecule has 0 bridgehead atoms. The molecule has 0 aliphatic carbocycles. The molecule has 0 saturated carbocycles. The van der Waals surface area contributed by atoms with Crippen molar-refractivity contribution < 1.29 is 9.73 Å². The lowest BCUT2D eigenvalue weighted by atomic mass is 10.1. The molecule has 0 amide bonds. The Morgan fingerprint density at radius 2 is 2.25 bits per heavy atom. The molecule has 3 rings (SSSR count). The fourth-order valence-electron chi connectivity index (χ4n) is 2.52. The third kappa shape index (κ3) is 3.04. The van der Waals surface area contributed by atoms with Crippen molar-refractivity contribution in [3.63, 3.8) is 0 Å². The van der Waals surface area contributed by atoms with E-state index in [4.69, 9.17) is 4.42 Å². The molecular formula is C15H20N3OS+. The van der Waals surface area contributed by atoms with E-state index < -0.39 is 0 Å². The summed E-state index contributed by atoms with van der Waals surface area (Å²) in [5, 5.41) is 11.3. The van der Waals surface area contributed by atoms with Crippen LogP contribution in [0.1, 0.15) is 41.5 Å². The number of nitrogens with two attached hydrogens (primary N) is 1. The highest BCUT2D eigenvalue weighted by Crippen LogP contribution is 2.26. The summed E-state index contributed by atoms with van der Waals surface area (Å²) in [5.41, 5.74) is 3.94. The minimum Gasteiger partial charge on any atom is -0.410 e. The Kier molecular flexibility index (Phi) is 4.08. The first kappa shape index (κ1) is 13.6. The van der Waals surface area contributed by atoms with Gasteiger partial charge in [-0.3, -0.25) is 0 Å². The van der Waals surface area contributed by atoms with Crippen molar-refractivity contribution in [3.8, 4) is 0 Å². The summed E-state index contributed by atoms with van der Waals surface area (Å²) in [5.74, 6) is 1.66. The Bertz CT molecular complexity index is 591.